The average molecular weight is 426 g/mol. The summed E-state index contributed by atoms with van der Waals surface area (Å²) in [5.41, 5.74) is 0.814. The lowest BCUT2D eigenvalue weighted by Gasteiger charge is -2.37. The Bertz CT molecular complexity index is 872. The lowest BCUT2D eigenvalue weighted by molar-refractivity contribution is -0.135. The van der Waals surface area contributed by atoms with Crippen LogP contribution in [-0.2, 0) is 24.2 Å². The molecule has 2 atom stereocenters. The maximum Gasteiger partial charge on any atom is 0.354 e. The zero-order valence-corrected chi connectivity index (χ0v) is 17.4. The average Bonchev–Trinajstić information content (AvgIpc) is 3.13. The second kappa shape index (κ2) is 8.52. The third-order valence-corrected chi connectivity index (χ3v) is 7.23. The molecule has 0 unspecified atom stereocenters. The van der Waals surface area contributed by atoms with E-state index in [0.29, 0.717) is 23.7 Å². The molecule has 0 aliphatic carbocycles. The molecule has 0 N–H and O–H groups in total. The number of anilines is 1. The van der Waals surface area contributed by atoms with Crippen LogP contribution in [0.25, 0.3) is 0 Å². The number of rotatable bonds is 5. The SMILES string of the molecule is CCOC(=O)C1=NN(c2ccccc2)[C@H](C(=O)N2CCSC[C@H]2S(C)(=O)=O)C1. The van der Waals surface area contributed by atoms with Gasteiger partial charge in [0.1, 0.15) is 17.1 Å². The molecule has 8 nitrogen and oxygen atoms in total. The molecule has 2 aliphatic heterocycles. The summed E-state index contributed by atoms with van der Waals surface area (Å²) in [4.78, 5) is 27.0. The zero-order valence-electron chi connectivity index (χ0n) is 15.8. The van der Waals surface area contributed by atoms with Crippen LogP contribution in [0.1, 0.15) is 13.3 Å². The van der Waals surface area contributed by atoms with E-state index in [1.165, 1.54) is 21.7 Å². The first-order chi connectivity index (χ1) is 13.3. The van der Waals surface area contributed by atoms with E-state index >= 15 is 0 Å². The maximum absolute atomic E-state index is 13.4. The lowest BCUT2D eigenvalue weighted by atomic mass is 10.1. The van der Waals surface area contributed by atoms with E-state index in [4.69, 9.17) is 4.74 Å². The van der Waals surface area contributed by atoms with Gasteiger partial charge < -0.3 is 9.64 Å². The summed E-state index contributed by atoms with van der Waals surface area (Å²) in [7, 11) is -3.43. The van der Waals surface area contributed by atoms with Crippen LogP contribution in [0.4, 0.5) is 5.69 Å². The topological polar surface area (TPSA) is 96.3 Å². The van der Waals surface area contributed by atoms with Gasteiger partial charge in [0.15, 0.2) is 9.84 Å². The minimum absolute atomic E-state index is 0.0761. The standard InChI is InChI=1S/C18H23N3O5S2/c1-3-26-18(23)14-11-15(21(19-14)13-7-5-4-6-8-13)17(22)20-9-10-27-12-16(20)28(2,24)25/h4-8,15-16H,3,9-12H2,1-2H3/t15-,16+/m0/s1. The minimum atomic E-state index is -3.43. The molecule has 0 bridgehead atoms. The Morgan fingerprint density at radius 2 is 2.00 bits per heavy atom. The van der Waals surface area contributed by atoms with Crippen LogP contribution in [0.2, 0.25) is 0 Å². The van der Waals surface area contributed by atoms with Crippen molar-refractivity contribution in [3.05, 3.63) is 30.3 Å². The third kappa shape index (κ3) is 4.33. The predicted octanol–water partition coefficient (Wildman–Crippen LogP) is 1.13. The molecule has 10 heteroatoms. The van der Waals surface area contributed by atoms with Crippen LogP contribution in [0.3, 0.4) is 0 Å². The van der Waals surface area contributed by atoms with Gasteiger partial charge >= 0.3 is 5.97 Å². The molecule has 1 saturated heterocycles. The second-order valence-electron chi connectivity index (χ2n) is 6.56. The number of benzene rings is 1. The fourth-order valence-corrected chi connectivity index (χ4v) is 6.06. The Morgan fingerprint density at radius 3 is 2.64 bits per heavy atom. The van der Waals surface area contributed by atoms with Gasteiger partial charge in [-0.05, 0) is 19.1 Å². The van der Waals surface area contributed by atoms with Crippen molar-refractivity contribution in [1.29, 1.82) is 0 Å². The molecule has 1 aromatic rings. The number of carbonyl (C=O) groups excluding carboxylic acids is 2. The lowest BCUT2D eigenvalue weighted by Crippen LogP contribution is -2.55. The van der Waals surface area contributed by atoms with Crippen molar-refractivity contribution in [3.8, 4) is 0 Å². The highest BCUT2D eigenvalue weighted by Crippen LogP contribution is 2.29. The molecule has 152 valence electrons. The second-order valence-corrected chi connectivity index (χ2v) is 9.91. The summed E-state index contributed by atoms with van der Waals surface area (Å²) in [6.45, 7) is 2.25. The minimum Gasteiger partial charge on any atom is -0.461 e. The van der Waals surface area contributed by atoms with Crippen LogP contribution in [-0.4, -0.2) is 73.2 Å². The van der Waals surface area contributed by atoms with Gasteiger partial charge in [0.2, 0.25) is 5.91 Å². The summed E-state index contributed by atoms with van der Waals surface area (Å²) in [5.74, 6) is 0.102. The van der Waals surface area contributed by atoms with Gasteiger partial charge in [-0.3, -0.25) is 9.80 Å². The van der Waals surface area contributed by atoms with Crippen LogP contribution >= 0.6 is 11.8 Å². The van der Waals surface area contributed by atoms with E-state index in [1.807, 2.05) is 18.2 Å². The first-order valence-electron chi connectivity index (χ1n) is 8.99. The molecule has 1 amide bonds. The van der Waals surface area contributed by atoms with Crippen molar-refractivity contribution >= 4 is 44.9 Å². The molecule has 0 aromatic heterocycles. The van der Waals surface area contributed by atoms with Crippen molar-refractivity contribution in [2.75, 3.05) is 35.9 Å². The van der Waals surface area contributed by atoms with Gasteiger partial charge in [0, 0.05) is 30.7 Å². The number of hydrogen-bond acceptors (Lipinski definition) is 8. The summed E-state index contributed by atoms with van der Waals surface area (Å²) in [6.07, 6.45) is 1.22. The first-order valence-corrected chi connectivity index (χ1v) is 12.1. The third-order valence-electron chi connectivity index (χ3n) is 4.59. The van der Waals surface area contributed by atoms with Gasteiger partial charge in [-0.1, -0.05) is 18.2 Å². The number of nitrogens with zero attached hydrogens (tertiary/aromatic N) is 3. The molecule has 2 heterocycles. The fraction of sp³-hybridized carbons (Fsp3) is 0.500. The summed E-state index contributed by atoms with van der Waals surface area (Å²) in [6, 6.07) is 8.26. The maximum atomic E-state index is 13.4. The van der Waals surface area contributed by atoms with E-state index in [-0.39, 0.29) is 24.6 Å². The van der Waals surface area contributed by atoms with Crippen LogP contribution < -0.4 is 5.01 Å². The van der Waals surface area contributed by atoms with Gasteiger partial charge in [-0.25, -0.2) is 13.2 Å². The van der Waals surface area contributed by atoms with Crippen LogP contribution in [0.15, 0.2) is 35.4 Å². The highest BCUT2D eigenvalue weighted by Gasteiger charge is 2.43. The summed E-state index contributed by atoms with van der Waals surface area (Å²) >= 11 is 1.51. The number of thioether (sulfide) groups is 1. The largest absolute Gasteiger partial charge is 0.461 e. The molecule has 28 heavy (non-hydrogen) atoms. The summed E-state index contributed by atoms with van der Waals surface area (Å²) in [5, 5.41) is 4.96. The summed E-state index contributed by atoms with van der Waals surface area (Å²) < 4.78 is 29.4. The number of carbonyl (C=O) groups is 2. The van der Waals surface area contributed by atoms with Gasteiger partial charge in [-0.15, -0.1) is 0 Å². The number of ether oxygens (including phenoxy) is 1. The number of amides is 1. The van der Waals surface area contributed by atoms with Crippen molar-refractivity contribution in [3.63, 3.8) is 0 Å². The Hall–Kier alpha value is -2.07. The van der Waals surface area contributed by atoms with Crippen molar-refractivity contribution in [2.45, 2.75) is 24.8 Å². The highest BCUT2D eigenvalue weighted by atomic mass is 32.2. The molecular formula is C18H23N3O5S2. The van der Waals surface area contributed by atoms with Gasteiger partial charge in [0.05, 0.1) is 12.3 Å². The van der Waals surface area contributed by atoms with Gasteiger partial charge in [0.25, 0.3) is 0 Å². The smallest absolute Gasteiger partial charge is 0.354 e. The number of sulfone groups is 1. The highest BCUT2D eigenvalue weighted by molar-refractivity contribution is 8.00. The quantitative estimate of drug-likeness (QED) is 0.653. The predicted molar refractivity (Wildman–Crippen MR) is 109 cm³/mol. The molecule has 0 radical (unpaired) electrons. The number of hydrogen-bond donors (Lipinski definition) is 0. The Labute approximate surface area is 168 Å². The molecule has 1 aromatic carbocycles. The monoisotopic (exact) mass is 425 g/mol. The zero-order chi connectivity index (χ0) is 20.3. The molecule has 0 saturated carbocycles. The molecule has 2 aliphatic rings. The normalized spacial score (nSPS) is 22.7. The molecular weight excluding hydrogens is 402 g/mol. The van der Waals surface area contributed by atoms with Gasteiger partial charge in [-0.2, -0.15) is 16.9 Å². The van der Waals surface area contributed by atoms with Crippen molar-refractivity contribution in [2.24, 2.45) is 5.10 Å². The number of para-hydroxylation sites is 1. The van der Waals surface area contributed by atoms with E-state index < -0.39 is 27.2 Å². The first kappa shape index (κ1) is 20.7. The van der Waals surface area contributed by atoms with Crippen LogP contribution in [0, 0.1) is 0 Å². The van der Waals surface area contributed by atoms with Crippen molar-refractivity contribution < 1.29 is 22.7 Å². The van der Waals surface area contributed by atoms with E-state index in [1.54, 1.807) is 19.1 Å². The van der Waals surface area contributed by atoms with E-state index in [9.17, 15) is 18.0 Å². The Morgan fingerprint density at radius 1 is 1.29 bits per heavy atom. The van der Waals surface area contributed by atoms with E-state index in [0.717, 1.165) is 6.26 Å². The molecule has 0 spiro atoms. The van der Waals surface area contributed by atoms with E-state index in [2.05, 4.69) is 5.10 Å². The molecule has 1 fully saturated rings. The Kier molecular flexibility index (Phi) is 6.29. The van der Waals surface area contributed by atoms with Crippen molar-refractivity contribution in [1.82, 2.24) is 4.90 Å². The van der Waals surface area contributed by atoms with Crippen LogP contribution in [0.5, 0.6) is 0 Å². The molecule has 3 rings (SSSR count). The number of esters is 1. The number of hydrazone groups is 1. The fourth-order valence-electron chi connectivity index (χ4n) is 3.24. The Balaban J connectivity index is 1.92.